The van der Waals surface area contributed by atoms with E-state index in [1.807, 2.05) is 0 Å². The third-order valence-electron chi connectivity index (χ3n) is 3.21. The Hall–Kier alpha value is -3.29. The van der Waals surface area contributed by atoms with E-state index in [1.54, 1.807) is 31.4 Å². The molecule has 1 amide bonds. The van der Waals surface area contributed by atoms with Gasteiger partial charge in [-0.15, -0.1) is 0 Å². The summed E-state index contributed by atoms with van der Waals surface area (Å²) in [6, 6.07) is 11.0. The Morgan fingerprint density at radius 2 is 1.83 bits per heavy atom. The summed E-state index contributed by atoms with van der Waals surface area (Å²) in [4.78, 5) is 22.3. The molecule has 0 heterocycles. The van der Waals surface area contributed by atoms with Crippen molar-refractivity contribution in [2.75, 3.05) is 31.4 Å². The lowest BCUT2D eigenvalue weighted by atomic mass is 10.2. The van der Waals surface area contributed by atoms with Crippen LogP contribution in [0.15, 0.2) is 42.5 Å². The van der Waals surface area contributed by atoms with Crippen molar-refractivity contribution in [1.82, 2.24) is 0 Å². The van der Waals surface area contributed by atoms with Crippen molar-refractivity contribution in [3.8, 4) is 11.5 Å². The predicted molar refractivity (Wildman–Crippen MR) is 89.8 cm³/mol. The second-order valence-electron chi connectivity index (χ2n) is 4.77. The number of benzene rings is 2. The average Bonchev–Trinajstić information content (AvgIpc) is 2.60. The first-order chi connectivity index (χ1) is 11.5. The maximum absolute atomic E-state index is 12.0. The fraction of sp³-hybridized carbons (Fsp3) is 0.188. The van der Waals surface area contributed by atoms with Gasteiger partial charge in [0.1, 0.15) is 11.5 Å². The standard InChI is InChI=1S/C16H17N3O5/c1-23-13-6-3-11(4-7-13)18-16(20)10-17-14-9-12(19(21)22)5-8-15(14)24-2/h3-9,17H,10H2,1-2H3,(H,18,20). The van der Waals surface area contributed by atoms with Gasteiger partial charge in [-0.2, -0.15) is 0 Å². The van der Waals surface area contributed by atoms with Crippen molar-refractivity contribution in [3.63, 3.8) is 0 Å². The number of amides is 1. The van der Waals surface area contributed by atoms with E-state index in [9.17, 15) is 14.9 Å². The molecule has 0 saturated heterocycles. The number of ether oxygens (including phenoxy) is 2. The Morgan fingerprint density at radius 3 is 2.42 bits per heavy atom. The summed E-state index contributed by atoms with van der Waals surface area (Å²) in [6.45, 7) is -0.0659. The van der Waals surface area contributed by atoms with Crippen LogP contribution in [-0.4, -0.2) is 31.6 Å². The van der Waals surface area contributed by atoms with Gasteiger partial charge >= 0.3 is 0 Å². The summed E-state index contributed by atoms with van der Waals surface area (Å²) in [7, 11) is 3.01. The summed E-state index contributed by atoms with van der Waals surface area (Å²) in [5.74, 6) is 0.805. The van der Waals surface area contributed by atoms with Crippen molar-refractivity contribution in [2.45, 2.75) is 0 Å². The van der Waals surface area contributed by atoms with E-state index in [2.05, 4.69) is 10.6 Å². The smallest absolute Gasteiger partial charge is 0.271 e. The van der Waals surface area contributed by atoms with Crippen molar-refractivity contribution in [3.05, 3.63) is 52.6 Å². The molecule has 2 N–H and O–H groups in total. The summed E-state index contributed by atoms with van der Waals surface area (Å²) < 4.78 is 10.2. The van der Waals surface area contributed by atoms with Crippen molar-refractivity contribution < 1.29 is 19.2 Å². The number of nitro benzene ring substituents is 1. The lowest BCUT2D eigenvalue weighted by Gasteiger charge is -2.11. The number of non-ortho nitro benzene ring substituents is 1. The molecule has 2 rings (SSSR count). The molecule has 0 saturated carbocycles. The molecule has 0 spiro atoms. The van der Waals surface area contributed by atoms with E-state index < -0.39 is 4.92 Å². The van der Waals surface area contributed by atoms with Gasteiger partial charge in [-0.1, -0.05) is 0 Å². The third kappa shape index (κ3) is 4.35. The maximum atomic E-state index is 12.0. The van der Waals surface area contributed by atoms with E-state index >= 15 is 0 Å². The molecule has 0 unspecified atom stereocenters. The highest BCUT2D eigenvalue weighted by atomic mass is 16.6. The monoisotopic (exact) mass is 331 g/mol. The zero-order valence-corrected chi connectivity index (χ0v) is 13.2. The molecule has 0 fully saturated rings. The first kappa shape index (κ1) is 17.1. The van der Waals surface area contributed by atoms with Crippen molar-refractivity contribution >= 4 is 23.0 Å². The SMILES string of the molecule is COc1ccc(NC(=O)CNc2cc([N+](=O)[O-])ccc2OC)cc1. The molecule has 8 heteroatoms. The van der Waals surface area contributed by atoms with Crippen LogP contribution in [0.1, 0.15) is 0 Å². The van der Waals surface area contributed by atoms with Crippen LogP contribution in [0.5, 0.6) is 11.5 Å². The zero-order chi connectivity index (χ0) is 17.5. The molecule has 0 aliphatic rings. The number of rotatable bonds is 7. The number of hydrogen-bond acceptors (Lipinski definition) is 6. The second-order valence-corrected chi connectivity index (χ2v) is 4.77. The van der Waals surface area contributed by atoms with Crippen LogP contribution in [0.4, 0.5) is 17.1 Å². The van der Waals surface area contributed by atoms with E-state index in [4.69, 9.17) is 9.47 Å². The minimum Gasteiger partial charge on any atom is -0.497 e. The number of nitro groups is 1. The second kappa shape index (κ2) is 7.82. The van der Waals surface area contributed by atoms with Gasteiger partial charge in [0.2, 0.25) is 5.91 Å². The molecule has 24 heavy (non-hydrogen) atoms. The van der Waals surface area contributed by atoms with E-state index in [1.165, 1.54) is 25.3 Å². The number of carbonyl (C=O) groups is 1. The predicted octanol–water partition coefficient (Wildman–Crippen LogP) is 2.66. The summed E-state index contributed by atoms with van der Waals surface area (Å²) in [6.07, 6.45) is 0. The molecule has 8 nitrogen and oxygen atoms in total. The maximum Gasteiger partial charge on any atom is 0.271 e. The number of nitrogens with one attached hydrogen (secondary N) is 2. The largest absolute Gasteiger partial charge is 0.497 e. The lowest BCUT2D eigenvalue weighted by molar-refractivity contribution is -0.384. The summed E-state index contributed by atoms with van der Waals surface area (Å²) >= 11 is 0. The fourth-order valence-electron chi connectivity index (χ4n) is 2.00. The number of methoxy groups -OCH3 is 2. The van der Waals surface area contributed by atoms with Crippen molar-refractivity contribution in [1.29, 1.82) is 0 Å². The average molecular weight is 331 g/mol. The van der Waals surface area contributed by atoms with Gasteiger partial charge in [0, 0.05) is 17.8 Å². The summed E-state index contributed by atoms with van der Waals surface area (Å²) in [5.41, 5.74) is 0.902. The van der Waals surface area contributed by atoms with Crippen LogP contribution in [0.2, 0.25) is 0 Å². The molecule has 0 atom stereocenters. The third-order valence-corrected chi connectivity index (χ3v) is 3.21. The number of carbonyl (C=O) groups excluding carboxylic acids is 1. The topological polar surface area (TPSA) is 103 Å². The van der Waals surface area contributed by atoms with Gasteiger partial charge < -0.3 is 20.1 Å². The Balaban J connectivity index is 2.00. The molecule has 126 valence electrons. The van der Waals surface area contributed by atoms with Gasteiger partial charge in [-0.05, 0) is 30.3 Å². The summed E-state index contributed by atoms with van der Waals surface area (Å²) in [5, 5.41) is 16.4. The fourth-order valence-corrected chi connectivity index (χ4v) is 2.00. The highest BCUT2D eigenvalue weighted by molar-refractivity contribution is 5.94. The van der Waals surface area contributed by atoms with Crippen LogP contribution in [0.25, 0.3) is 0 Å². The van der Waals surface area contributed by atoms with Gasteiger partial charge in [-0.25, -0.2) is 0 Å². The van der Waals surface area contributed by atoms with Gasteiger partial charge in [-0.3, -0.25) is 14.9 Å². The van der Waals surface area contributed by atoms with Crippen LogP contribution >= 0.6 is 0 Å². The Labute approximate surface area is 138 Å². The molecule has 0 aliphatic carbocycles. The highest BCUT2D eigenvalue weighted by Gasteiger charge is 2.12. The molecule has 0 aliphatic heterocycles. The lowest BCUT2D eigenvalue weighted by Crippen LogP contribution is -2.22. The minimum atomic E-state index is -0.512. The van der Waals surface area contributed by atoms with Gasteiger partial charge in [0.05, 0.1) is 31.4 Å². The first-order valence-electron chi connectivity index (χ1n) is 7.03. The molecular formula is C16H17N3O5. The number of nitrogens with zero attached hydrogens (tertiary/aromatic N) is 1. The Bertz CT molecular complexity index is 731. The van der Waals surface area contributed by atoms with Crippen molar-refractivity contribution in [2.24, 2.45) is 0 Å². The highest BCUT2D eigenvalue weighted by Crippen LogP contribution is 2.28. The molecule has 2 aromatic rings. The van der Waals surface area contributed by atoms with Gasteiger partial charge in [0.25, 0.3) is 5.69 Å². The Morgan fingerprint density at radius 1 is 1.12 bits per heavy atom. The van der Waals surface area contributed by atoms with E-state index in [0.29, 0.717) is 22.9 Å². The van der Waals surface area contributed by atoms with Crippen LogP contribution in [-0.2, 0) is 4.79 Å². The first-order valence-corrected chi connectivity index (χ1v) is 7.03. The van der Waals surface area contributed by atoms with Crippen LogP contribution < -0.4 is 20.1 Å². The molecule has 0 radical (unpaired) electrons. The van der Waals surface area contributed by atoms with E-state index in [0.717, 1.165) is 0 Å². The molecule has 0 aromatic heterocycles. The molecular weight excluding hydrogens is 314 g/mol. The minimum absolute atomic E-state index is 0.0659. The zero-order valence-electron chi connectivity index (χ0n) is 13.2. The normalized spacial score (nSPS) is 9.92. The molecule has 2 aromatic carbocycles. The van der Waals surface area contributed by atoms with Crippen LogP contribution in [0, 0.1) is 10.1 Å². The molecule has 0 bridgehead atoms. The van der Waals surface area contributed by atoms with Crippen LogP contribution in [0.3, 0.4) is 0 Å². The number of anilines is 2. The Kier molecular flexibility index (Phi) is 5.56. The quantitative estimate of drug-likeness (QED) is 0.597. The number of hydrogen-bond donors (Lipinski definition) is 2. The van der Waals surface area contributed by atoms with Gasteiger partial charge in [0.15, 0.2) is 0 Å². The van der Waals surface area contributed by atoms with E-state index in [-0.39, 0.29) is 18.1 Å².